The van der Waals surface area contributed by atoms with E-state index in [9.17, 15) is 27.2 Å². The van der Waals surface area contributed by atoms with Crippen molar-refractivity contribution in [1.82, 2.24) is 19.7 Å². The van der Waals surface area contributed by atoms with Crippen molar-refractivity contribution in [2.75, 3.05) is 25.6 Å². The fraction of sp³-hybridized carbons (Fsp3) is 0.476. The summed E-state index contributed by atoms with van der Waals surface area (Å²) in [6, 6.07) is 0.509. The first kappa shape index (κ1) is 25.2. The van der Waals surface area contributed by atoms with Crippen LogP contribution in [0.5, 0.6) is 0 Å². The Morgan fingerprint density at radius 1 is 1.34 bits per heavy atom. The average molecular weight is 520 g/mol. The molecule has 0 aliphatic carbocycles. The second kappa shape index (κ2) is 9.99. The van der Waals surface area contributed by atoms with Gasteiger partial charge in [0, 0.05) is 31.1 Å². The maximum absolute atomic E-state index is 14.1. The van der Waals surface area contributed by atoms with E-state index in [4.69, 9.17) is 21.2 Å². The molecule has 190 valence electrons. The number of nitrogens with one attached hydrogen (secondary N) is 1. The molecule has 0 fully saturated rings. The molecule has 3 heterocycles. The minimum absolute atomic E-state index is 0.0135. The molecule has 2 aliphatic heterocycles. The van der Waals surface area contributed by atoms with Gasteiger partial charge in [0.25, 0.3) is 12.3 Å². The minimum atomic E-state index is -2.63. The summed E-state index contributed by atoms with van der Waals surface area (Å²) in [5.41, 5.74) is 0.998. The molecule has 9 nitrogen and oxygen atoms in total. The number of carbonyl (C=O) groups excluding carboxylic acids is 2. The molecule has 1 aromatic carbocycles. The third-order valence-corrected chi connectivity index (χ3v) is 6.01. The zero-order valence-electron chi connectivity index (χ0n) is 18.7. The third-order valence-electron chi connectivity index (χ3n) is 5.72. The lowest BCUT2D eigenvalue weighted by Gasteiger charge is -2.33. The number of carbonyl (C=O) groups is 2. The molecule has 1 N–H and O–H groups in total. The summed E-state index contributed by atoms with van der Waals surface area (Å²) in [5, 5.41) is 7.52. The zero-order valence-corrected chi connectivity index (χ0v) is 19.5. The van der Waals surface area contributed by atoms with Gasteiger partial charge in [-0.05, 0) is 13.0 Å². The molecular weight excluding hydrogens is 498 g/mol. The van der Waals surface area contributed by atoms with Gasteiger partial charge in [0.05, 0.1) is 36.1 Å². The minimum Gasteiger partial charge on any atom is -0.373 e. The Bertz CT molecular complexity index is 1150. The van der Waals surface area contributed by atoms with Crippen molar-refractivity contribution in [1.29, 1.82) is 0 Å². The van der Waals surface area contributed by atoms with Gasteiger partial charge in [0.15, 0.2) is 0 Å². The van der Waals surface area contributed by atoms with Crippen LogP contribution in [0.25, 0.3) is 0 Å². The quantitative estimate of drug-likeness (QED) is 0.483. The van der Waals surface area contributed by atoms with Crippen molar-refractivity contribution >= 4 is 29.2 Å². The molecule has 0 unspecified atom stereocenters. The lowest BCUT2D eigenvalue weighted by Crippen LogP contribution is -2.45. The van der Waals surface area contributed by atoms with Gasteiger partial charge >= 0.3 is 6.03 Å². The Labute approximate surface area is 202 Å². The van der Waals surface area contributed by atoms with Crippen LogP contribution in [0, 0.1) is 11.6 Å². The monoisotopic (exact) mass is 519 g/mol. The van der Waals surface area contributed by atoms with E-state index < -0.39 is 42.7 Å². The number of halogens is 5. The number of hydrogen-bond acceptors (Lipinski definition) is 5. The molecule has 0 saturated heterocycles. The molecule has 2 atom stereocenters. The average Bonchev–Trinajstić information content (AvgIpc) is 3.06. The molecule has 0 saturated carbocycles. The predicted octanol–water partition coefficient (Wildman–Crippen LogP) is 3.46. The van der Waals surface area contributed by atoms with E-state index in [-0.39, 0.29) is 42.1 Å². The predicted molar refractivity (Wildman–Crippen MR) is 115 cm³/mol. The number of anilines is 1. The topological polar surface area (TPSA) is 88.9 Å². The van der Waals surface area contributed by atoms with Gasteiger partial charge in [-0.25, -0.2) is 27.4 Å². The second-order valence-electron chi connectivity index (χ2n) is 8.27. The van der Waals surface area contributed by atoms with E-state index in [1.54, 1.807) is 6.92 Å². The van der Waals surface area contributed by atoms with E-state index in [0.717, 1.165) is 11.1 Å². The highest BCUT2D eigenvalue weighted by Crippen LogP contribution is 2.30. The number of aromatic nitrogens is 2. The maximum Gasteiger partial charge on any atom is 0.322 e. The van der Waals surface area contributed by atoms with Gasteiger partial charge in [0.1, 0.15) is 30.0 Å². The van der Waals surface area contributed by atoms with Crippen LogP contribution in [0.3, 0.4) is 0 Å². The van der Waals surface area contributed by atoms with Crippen LogP contribution in [0.1, 0.15) is 28.7 Å². The van der Waals surface area contributed by atoms with Crippen LogP contribution in [-0.2, 0) is 29.1 Å². The van der Waals surface area contributed by atoms with E-state index in [0.29, 0.717) is 23.7 Å². The Hall–Kier alpha value is -2.90. The van der Waals surface area contributed by atoms with Crippen LogP contribution < -0.4 is 5.32 Å². The Balaban J connectivity index is 1.56. The van der Waals surface area contributed by atoms with Gasteiger partial charge in [-0.15, -0.1) is 0 Å². The SMILES string of the molecule is C[C@@H]1Cc2nn3c(c2CN1C(=O)Nc1cc(Cl)c(F)cc1F)C(=O)N(C)O[C@H](COCC(F)F)C3. The van der Waals surface area contributed by atoms with Crippen molar-refractivity contribution in [3.05, 3.63) is 45.7 Å². The van der Waals surface area contributed by atoms with Crippen molar-refractivity contribution < 1.29 is 36.7 Å². The largest absolute Gasteiger partial charge is 0.373 e. The van der Waals surface area contributed by atoms with E-state index in [1.165, 1.54) is 16.6 Å². The number of ether oxygens (including phenoxy) is 1. The second-order valence-corrected chi connectivity index (χ2v) is 8.68. The van der Waals surface area contributed by atoms with Gasteiger partial charge in [-0.2, -0.15) is 5.10 Å². The number of fused-ring (bicyclic) bond motifs is 3. The molecule has 2 aromatic rings. The molecule has 2 aliphatic rings. The highest BCUT2D eigenvalue weighted by molar-refractivity contribution is 6.31. The number of hydrogen-bond donors (Lipinski definition) is 1. The van der Waals surface area contributed by atoms with Crippen molar-refractivity contribution in [2.45, 2.75) is 45.0 Å². The smallest absolute Gasteiger partial charge is 0.322 e. The lowest BCUT2D eigenvalue weighted by atomic mass is 9.99. The first-order valence-corrected chi connectivity index (χ1v) is 11.0. The zero-order chi connectivity index (χ0) is 25.4. The number of urea groups is 1. The summed E-state index contributed by atoms with van der Waals surface area (Å²) in [6.07, 6.45) is -3.07. The molecule has 1 aromatic heterocycles. The highest BCUT2D eigenvalue weighted by atomic mass is 35.5. The molecule has 0 radical (unpaired) electrons. The molecule has 0 spiro atoms. The van der Waals surface area contributed by atoms with E-state index in [1.807, 2.05) is 0 Å². The third kappa shape index (κ3) is 5.21. The number of nitrogens with zero attached hydrogens (tertiary/aromatic N) is 4. The fourth-order valence-electron chi connectivity index (χ4n) is 4.06. The standard InChI is InChI=1S/C21H22ClF4N5O4/c1-10-3-16-12(7-30(10)21(33)27-17-4-13(22)14(23)5-15(17)24)19-20(32)29(2)35-11(6-31(19)28-16)8-34-9-18(25)26/h4-5,10-11,18H,3,6-9H2,1-2H3,(H,27,33)/t10-,11+/m1/s1. The molecule has 0 bridgehead atoms. The Morgan fingerprint density at radius 2 is 2.09 bits per heavy atom. The number of amides is 3. The van der Waals surface area contributed by atoms with Crippen molar-refractivity contribution in [3.8, 4) is 0 Å². The van der Waals surface area contributed by atoms with Crippen molar-refractivity contribution in [2.24, 2.45) is 0 Å². The number of hydroxylamine groups is 2. The molecule has 3 amide bonds. The Morgan fingerprint density at radius 3 is 2.80 bits per heavy atom. The molecule has 14 heteroatoms. The van der Waals surface area contributed by atoms with Gasteiger partial charge in [0.2, 0.25) is 0 Å². The maximum atomic E-state index is 14.1. The normalized spacial score (nSPS) is 20.1. The van der Waals surface area contributed by atoms with Crippen molar-refractivity contribution in [3.63, 3.8) is 0 Å². The van der Waals surface area contributed by atoms with E-state index >= 15 is 0 Å². The summed E-state index contributed by atoms with van der Waals surface area (Å²) in [6.45, 7) is 0.880. The van der Waals surface area contributed by atoms with Crippen LogP contribution in [0.2, 0.25) is 5.02 Å². The first-order valence-electron chi connectivity index (χ1n) is 10.7. The summed E-state index contributed by atoms with van der Waals surface area (Å²) in [4.78, 5) is 32.9. The fourth-order valence-corrected chi connectivity index (χ4v) is 4.23. The Kier molecular flexibility index (Phi) is 7.20. The van der Waals surface area contributed by atoms with Gasteiger partial charge < -0.3 is 15.0 Å². The van der Waals surface area contributed by atoms with E-state index in [2.05, 4.69) is 10.4 Å². The number of rotatable bonds is 5. The van der Waals surface area contributed by atoms with Gasteiger partial charge in [-0.1, -0.05) is 11.6 Å². The van der Waals surface area contributed by atoms with Crippen LogP contribution >= 0.6 is 11.6 Å². The van der Waals surface area contributed by atoms with Crippen LogP contribution in [-0.4, -0.2) is 70.5 Å². The highest BCUT2D eigenvalue weighted by Gasteiger charge is 2.37. The first-order chi connectivity index (χ1) is 16.5. The van der Waals surface area contributed by atoms with Crippen LogP contribution in [0.15, 0.2) is 12.1 Å². The number of alkyl halides is 2. The summed E-state index contributed by atoms with van der Waals surface area (Å²) in [7, 11) is 1.38. The number of benzene rings is 1. The van der Waals surface area contributed by atoms with Crippen LogP contribution in [0.4, 0.5) is 28.0 Å². The summed E-state index contributed by atoms with van der Waals surface area (Å²) in [5.74, 6) is -2.47. The van der Waals surface area contributed by atoms with Gasteiger partial charge in [-0.3, -0.25) is 14.3 Å². The molecular formula is C21H22ClF4N5O4. The molecule has 35 heavy (non-hydrogen) atoms. The lowest BCUT2D eigenvalue weighted by molar-refractivity contribution is -0.169. The molecule has 4 rings (SSSR count). The summed E-state index contributed by atoms with van der Waals surface area (Å²) >= 11 is 5.70. The summed E-state index contributed by atoms with van der Waals surface area (Å²) < 4.78 is 58.8.